The van der Waals surface area contributed by atoms with E-state index in [0.717, 1.165) is 29.8 Å². The van der Waals surface area contributed by atoms with Gasteiger partial charge >= 0.3 is 0 Å². The number of nitrogens with zero attached hydrogens (tertiary/aromatic N) is 2. The van der Waals surface area contributed by atoms with Crippen LogP contribution in [0.25, 0.3) is 11.1 Å². The highest BCUT2D eigenvalue weighted by molar-refractivity contribution is 7.89. The Labute approximate surface area is 198 Å². The summed E-state index contributed by atoms with van der Waals surface area (Å²) in [6.07, 6.45) is 0.820. The number of aliphatic hydroxyl groups excluding tert-OH is 1. The molecule has 0 saturated heterocycles. The zero-order chi connectivity index (χ0) is 24.2. The van der Waals surface area contributed by atoms with Gasteiger partial charge < -0.3 is 19.5 Å². The third-order valence-electron chi connectivity index (χ3n) is 6.17. The van der Waals surface area contributed by atoms with E-state index in [1.54, 1.807) is 32.2 Å². The minimum Gasteiger partial charge on any atom is -0.497 e. The molecular formula is C25H36N2O5S. The summed E-state index contributed by atoms with van der Waals surface area (Å²) < 4.78 is 40.4. The summed E-state index contributed by atoms with van der Waals surface area (Å²) in [4.78, 5) is 2.34. The summed E-state index contributed by atoms with van der Waals surface area (Å²) in [6, 6.07) is 12.3. The molecule has 0 amide bonds. The molecule has 1 aliphatic heterocycles. The van der Waals surface area contributed by atoms with Gasteiger partial charge in [-0.1, -0.05) is 32.0 Å². The van der Waals surface area contributed by atoms with E-state index < -0.39 is 16.1 Å². The Bertz CT molecular complexity index is 1040. The van der Waals surface area contributed by atoms with Gasteiger partial charge in [-0.3, -0.25) is 0 Å². The van der Waals surface area contributed by atoms with Gasteiger partial charge in [0.25, 0.3) is 0 Å². The summed E-state index contributed by atoms with van der Waals surface area (Å²) >= 11 is 0. The monoisotopic (exact) mass is 476 g/mol. The number of rotatable bonds is 8. The van der Waals surface area contributed by atoms with Crippen molar-refractivity contribution in [1.82, 2.24) is 9.21 Å². The molecular weight excluding hydrogens is 440 g/mol. The van der Waals surface area contributed by atoms with Crippen LogP contribution in [0.1, 0.15) is 27.2 Å². The highest BCUT2D eigenvalue weighted by Gasteiger charge is 2.38. The van der Waals surface area contributed by atoms with Crippen molar-refractivity contribution >= 4 is 10.0 Å². The lowest BCUT2D eigenvalue weighted by Crippen LogP contribution is -2.49. The SMILES string of the molecule is CCCN(C)C[C@@H]1Oc2cc(-c3cccc(OC)c3)ccc2S(=O)(=O)N([C@H](C)CO)C[C@@H]1C. The quantitative estimate of drug-likeness (QED) is 0.629. The number of benzene rings is 2. The molecule has 2 aromatic carbocycles. The first-order valence-corrected chi connectivity index (χ1v) is 12.9. The summed E-state index contributed by atoms with van der Waals surface area (Å²) in [5.74, 6) is 0.997. The molecule has 0 aliphatic carbocycles. The number of sulfonamides is 1. The first-order valence-electron chi connectivity index (χ1n) is 11.5. The number of hydrogen-bond acceptors (Lipinski definition) is 6. The predicted molar refractivity (Wildman–Crippen MR) is 130 cm³/mol. The molecule has 0 bridgehead atoms. The summed E-state index contributed by atoms with van der Waals surface area (Å²) in [5.41, 5.74) is 1.76. The Hall–Kier alpha value is -2.13. The lowest BCUT2D eigenvalue weighted by atomic mass is 10.0. The summed E-state index contributed by atoms with van der Waals surface area (Å²) in [6.45, 7) is 7.52. The second kappa shape index (κ2) is 10.9. The molecule has 182 valence electrons. The van der Waals surface area contributed by atoms with Crippen LogP contribution in [0.15, 0.2) is 47.4 Å². The van der Waals surface area contributed by atoms with E-state index in [9.17, 15) is 13.5 Å². The van der Waals surface area contributed by atoms with E-state index in [1.807, 2.05) is 31.2 Å². The van der Waals surface area contributed by atoms with Crippen LogP contribution >= 0.6 is 0 Å². The minimum absolute atomic E-state index is 0.0679. The fraction of sp³-hybridized carbons (Fsp3) is 0.520. The molecule has 0 radical (unpaired) electrons. The van der Waals surface area contributed by atoms with Gasteiger partial charge in [-0.2, -0.15) is 4.31 Å². The van der Waals surface area contributed by atoms with Crippen molar-refractivity contribution in [2.45, 2.75) is 44.2 Å². The fourth-order valence-electron chi connectivity index (χ4n) is 4.21. The van der Waals surface area contributed by atoms with Crippen molar-refractivity contribution in [3.05, 3.63) is 42.5 Å². The third kappa shape index (κ3) is 5.69. The molecule has 1 aliphatic rings. The molecule has 0 saturated carbocycles. The lowest BCUT2D eigenvalue weighted by Gasteiger charge is -2.37. The molecule has 0 spiro atoms. The van der Waals surface area contributed by atoms with Gasteiger partial charge in [0.15, 0.2) is 0 Å². The van der Waals surface area contributed by atoms with Gasteiger partial charge in [-0.25, -0.2) is 8.42 Å². The normalized spacial score (nSPS) is 21.5. The second-order valence-electron chi connectivity index (χ2n) is 8.90. The maximum absolute atomic E-state index is 13.6. The van der Waals surface area contributed by atoms with Crippen LogP contribution in [0.2, 0.25) is 0 Å². The van der Waals surface area contributed by atoms with Gasteiger partial charge in [0.05, 0.1) is 13.7 Å². The van der Waals surface area contributed by atoms with Crippen LogP contribution in [0.3, 0.4) is 0 Å². The summed E-state index contributed by atoms with van der Waals surface area (Å²) in [5, 5.41) is 9.78. The van der Waals surface area contributed by atoms with Crippen molar-refractivity contribution in [2.75, 3.05) is 40.4 Å². The molecule has 2 aromatic rings. The first kappa shape index (κ1) is 25.5. The van der Waals surface area contributed by atoms with Gasteiger partial charge in [-0.05, 0) is 62.3 Å². The fourth-order valence-corrected chi connectivity index (χ4v) is 6.03. The maximum Gasteiger partial charge on any atom is 0.247 e. The van der Waals surface area contributed by atoms with Crippen LogP contribution in [0.4, 0.5) is 0 Å². The van der Waals surface area contributed by atoms with E-state index in [0.29, 0.717) is 12.3 Å². The Morgan fingerprint density at radius 1 is 1.24 bits per heavy atom. The Morgan fingerprint density at radius 3 is 2.64 bits per heavy atom. The molecule has 0 unspecified atom stereocenters. The molecule has 3 rings (SSSR count). The molecule has 1 heterocycles. The van der Waals surface area contributed by atoms with Gasteiger partial charge in [0, 0.05) is 25.0 Å². The molecule has 0 aromatic heterocycles. The number of fused-ring (bicyclic) bond motifs is 1. The number of ether oxygens (including phenoxy) is 2. The Kier molecular flexibility index (Phi) is 8.39. The number of methoxy groups -OCH3 is 1. The minimum atomic E-state index is -3.85. The molecule has 3 atom stereocenters. The smallest absolute Gasteiger partial charge is 0.247 e. The van der Waals surface area contributed by atoms with Crippen molar-refractivity contribution < 1.29 is 23.0 Å². The van der Waals surface area contributed by atoms with Crippen LogP contribution in [0, 0.1) is 5.92 Å². The maximum atomic E-state index is 13.6. The average Bonchev–Trinajstić information content (AvgIpc) is 2.80. The van der Waals surface area contributed by atoms with Crippen LogP contribution in [0.5, 0.6) is 11.5 Å². The number of aliphatic hydroxyl groups is 1. The van der Waals surface area contributed by atoms with Gasteiger partial charge in [0.2, 0.25) is 10.0 Å². The van der Waals surface area contributed by atoms with Gasteiger partial charge in [-0.15, -0.1) is 0 Å². The van der Waals surface area contributed by atoms with Crippen LogP contribution in [-0.4, -0.2) is 75.3 Å². The number of hydrogen-bond donors (Lipinski definition) is 1. The highest BCUT2D eigenvalue weighted by Crippen LogP contribution is 2.37. The van der Waals surface area contributed by atoms with E-state index in [2.05, 4.69) is 18.9 Å². The Morgan fingerprint density at radius 2 is 1.97 bits per heavy atom. The van der Waals surface area contributed by atoms with E-state index in [1.165, 1.54) is 4.31 Å². The highest BCUT2D eigenvalue weighted by atomic mass is 32.2. The summed E-state index contributed by atoms with van der Waals surface area (Å²) in [7, 11) is -0.182. The van der Waals surface area contributed by atoms with E-state index in [4.69, 9.17) is 9.47 Å². The van der Waals surface area contributed by atoms with Crippen molar-refractivity contribution in [3.8, 4) is 22.6 Å². The standard InChI is InChI=1S/C25H36N2O5S/c1-6-12-26(4)16-24-18(2)15-27(19(3)17-28)33(29,30)25-11-10-21(14-23(25)32-24)20-8-7-9-22(13-20)31-5/h7-11,13-14,18-19,24,28H,6,12,15-17H2,1-5H3/t18-,19+,24-/m0/s1. The van der Waals surface area contributed by atoms with E-state index in [-0.39, 0.29) is 30.1 Å². The van der Waals surface area contributed by atoms with E-state index >= 15 is 0 Å². The lowest BCUT2D eigenvalue weighted by molar-refractivity contribution is 0.0753. The largest absolute Gasteiger partial charge is 0.497 e. The van der Waals surface area contributed by atoms with Gasteiger partial charge in [0.1, 0.15) is 22.5 Å². The zero-order valence-electron chi connectivity index (χ0n) is 20.2. The molecule has 7 nitrogen and oxygen atoms in total. The predicted octanol–water partition coefficient (Wildman–Crippen LogP) is 3.47. The van der Waals surface area contributed by atoms with Crippen molar-refractivity contribution in [2.24, 2.45) is 5.92 Å². The number of likely N-dealkylation sites (N-methyl/N-ethyl adjacent to an activating group) is 1. The molecule has 8 heteroatoms. The molecule has 0 fully saturated rings. The van der Waals surface area contributed by atoms with Crippen molar-refractivity contribution in [3.63, 3.8) is 0 Å². The topological polar surface area (TPSA) is 79.3 Å². The zero-order valence-corrected chi connectivity index (χ0v) is 21.0. The van der Waals surface area contributed by atoms with Crippen molar-refractivity contribution in [1.29, 1.82) is 0 Å². The van der Waals surface area contributed by atoms with Crippen LogP contribution < -0.4 is 9.47 Å². The van der Waals surface area contributed by atoms with Crippen LogP contribution in [-0.2, 0) is 10.0 Å². The third-order valence-corrected chi connectivity index (χ3v) is 8.19. The first-order chi connectivity index (χ1) is 15.7. The molecule has 1 N–H and O–H groups in total. The molecule has 33 heavy (non-hydrogen) atoms. The Balaban J connectivity index is 2.11. The average molecular weight is 477 g/mol. The second-order valence-corrected chi connectivity index (χ2v) is 10.8.